The number of imidazole rings is 1. The summed E-state index contributed by atoms with van der Waals surface area (Å²) in [6.45, 7) is -2.79. The van der Waals surface area contributed by atoms with Crippen molar-refractivity contribution in [2.75, 3.05) is 0 Å². The molecule has 11 heteroatoms. The first-order chi connectivity index (χ1) is 14.3. The summed E-state index contributed by atoms with van der Waals surface area (Å²) in [5, 5.41) is 0.445. The summed E-state index contributed by atoms with van der Waals surface area (Å²) in [7, 11) is 0. The summed E-state index contributed by atoms with van der Waals surface area (Å²) in [4.78, 5) is 21.4. The van der Waals surface area contributed by atoms with Crippen molar-refractivity contribution in [1.82, 2.24) is 19.1 Å². The molecule has 0 aliphatic rings. The first-order valence-corrected chi connectivity index (χ1v) is 9.82. The van der Waals surface area contributed by atoms with Crippen LogP contribution in [0.25, 0.3) is 16.6 Å². The second kappa shape index (κ2) is 8.11. The number of aromatic nitrogens is 4. The maximum absolute atomic E-state index is 14.5. The molecular weight excluding hydrogens is 444 g/mol. The molecule has 30 heavy (non-hydrogen) atoms. The molecule has 4 aromatic rings. The van der Waals surface area contributed by atoms with E-state index in [-0.39, 0.29) is 32.8 Å². The van der Waals surface area contributed by atoms with Gasteiger partial charge < -0.3 is 0 Å². The molecule has 0 saturated heterocycles. The molecule has 2 aromatic heterocycles. The van der Waals surface area contributed by atoms with Gasteiger partial charge in [-0.1, -0.05) is 23.4 Å². The van der Waals surface area contributed by atoms with Crippen LogP contribution in [0.3, 0.4) is 0 Å². The third-order valence-electron chi connectivity index (χ3n) is 4.24. The molecule has 0 fully saturated rings. The minimum absolute atomic E-state index is 0.0316. The van der Waals surface area contributed by atoms with E-state index >= 15 is 0 Å². The number of halogens is 5. The van der Waals surface area contributed by atoms with Crippen molar-refractivity contribution in [2.45, 2.75) is 17.5 Å². The first kappa shape index (κ1) is 20.4. The van der Waals surface area contributed by atoms with Gasteiger partial charge >= 0.3 is 6.55 Å². The van der Waals surface area contributed by atoms with Gasteiger partial charge in [0.1, 0.15) is 17.5 Å². The minimum Gasteiger partial charge on any atom is -0.277 e. The SMILES string of the molecule is O=c1c2cc(Cl)ccc2nc(SCc2nccn2C(F)F)n1-c1ccc(F)cc1F. The Hall–Kier alpha value is -2.85. The van der Waals surface area contributed by atoms with E-state index in [9.17, 15) is 22.4 Å². The van der Waals surface area contributed by atoms with Gasteiger partial charge in [-0.2, -0.15) is 8.78 Å². The fourth-order valence-corrected chi connectivity index (χ4v) is 4.00. The Kier molecular flexibility index (Phi) is 5.52. The van der Waals surface area contributed by atoms with E-state index < -0.39 is 23.7 Å². The topological polar surface area (TPSA) is 52.7 Å². The molecule has 0 N–H and O–H groups in total. The molecule has 5 nitrogen and oxygen atoms in total. The lowest BCUT2D eigenvalue weighted by Crippen LogP contribution is -2.23. The molecule has 0 amide bonds. The third kappa shape index (κ3) is 3.80. The Morgan fingerprint density at radius 3 is 2.67 bits per heavy atom. The number of fused-ring (bicyclic) bond motifs is 1. The maximum Gasteiger partial charge on any atom is 0.319 e. The van der Waals surface area contributed by atoms with Crippen molar-refractivity contribution >= 4 is 34.3 Å². The van der Waals surface area contributed by atoms with Gasteiger partial charge in [-0.25, -0.2) is 18.7 Å². The molecule has 0 radical (unpaired) electrons. The molecule has 0 unspecified atom stereocenters. The molecule has 0 spiro atoms. The number of alkyl halides is 2. The lowest BCUT2D eigenvalue weighted by atomic mass is 10.2. The van der Waals surface area contributed by atoms with Crippen LogP contribution < -0.4 is 5.56 Å². The second-order valence-electron chi connectivity index (χ2n) is 6.11. The average molecular weight is 455 g/mol. The van der Waals surface area contributed by atoms with Gasteiger partial charge in [-0.05, 0) is 30.3 Å². The van der Waals surface area contributed by atoms with E-state index in [1.807, 2.05) is 0 Å². The van der Waals surface area contributed by atoms with Crippen LogP contribution in [0, 0.1) is 11.6 Å². The van der Waals surface area contributed by atoms with Crippen LogP contribution in [0.2, 0.25) is 5.02 Å². The van der Waals surface area contributed by atoms with Crippen molar-refractivity contribution in [1.29, 1.82) is 0 Å². The quantitative estimate of drug-likeness (QED) is 0.236. The molecule has 4 rings (SSSR count). The summed E-state index contributed by atoms with van der Waals surface area (Å²) < 4.78 is 55.7. The monoisotopic (exact) mass is 454 g/mol. The van der Waals surface area contributed by atoms with E-state index in [0.717, 1.165) is 34.7 Å². The molecule has 154 valence electrons. The Labute approximate surface area is 175 Å². The number of hydrogen-bond donors (Lipinski definition) is 0. The van der Waals surface area contributed by atoms with Crippen LogP contribution in [0.15, 0.2) is 58.7 Å². The highest BCUT2D eigenvalue weighted by Gasteiger charge is 2.19. The van der Waals surface area contributed by atoms with Crippen LogP contribution in [-0.4, -0.2) is 19.1 Å². The summed E-state index contributed by atoms with van der Waals surface area (Å²) in [6.07, 6.45) is 2.35. The molecule has 2 heterocycles. The van der Waals surface area contributed by atoms with E-state index in [2.05, 4.69) is 9.97 Å². The van der Waals surface area contributed by atoms with E-state index in [1.165, 1.54) is 24.4 Å². The van der Waals surface area contributed by atoms with Gasteiger partial charge in [0, 0.05) is 23.5 Å². The second-order valence-corrected chi connectivity index (χ2v) is 7.49. The lowest BCUT2D eigenvalue weighted by molar-refractivity contribution is 0.0678. The minimum atomic E-state index is -2.79. The normalized spacial score (nSPS) is 11.5. The third-order valence-corrected chi connectivity index (χ3v) is 5.41. The molecular formula is C19H11ClF4N4OS. The highest BCUT2D eigenvalue weighted by Crippen LogP contribution is 2.27. The number of thioether (sulfide) groups is 1. The van der Waals surface area contributed by atoms with Gasteiger partial charge in [-0.15, -0.1) is 0 Å². The predicted octanol–water partition coefficient (Wildman–Crippen LogP) is 5.20. The van der Waals surface area contributed by atoms with Crippen molar-refractivity contribution < 1.29 is 17.6 Å². The van der Waals surface area contributed by atoms with Crippen LogP contribution in [0.5, 0.6) is 0 Å². The summed E-state index contributed by atoms with van der Waals surface area (Å²) in [5.74, 6) is -1.80. The summed E-state index contributed by atoms with van der Waals surface area (Å²) in [5.41, 5.74) is -0.564. The molecule has 2 aromatic carbocycles. The zero-order valence-corrected chi connectivity index (χ0v) is 16.5. The number of hydrogen-bond acceptors (Lipinski definition) is 4. The number of nitrogens with zero attached hydrogens (tertiary/aromatic N) is 4. The van der Waals surface area contributed by atoms with E-state index in [4.69, 9.17) is 11.6 Å². The Bertz CT molecular complexity index is 1310. The lowest BCUT2D eigenvalue weighted by Gasteiger charge is -2.14. The van der Waals surface area contributed by atoms with Crippen molar-refractivity contribution in [3.8, 4) is 5.69 Å². The molecule has 0 saturated carbocycles. The predicted molar refractivity (Wildman–Crippen MR) is 105 cm³/mol. The van der Waals surface area contributed by atoms with Gasteiger partial charge in [0.15, 0.2) is 5.16 Å². The van der Waals surface area contributed by atoms with Crippen LogP contribution in [0.1, 0.15) is 12.4 Å². The number of rotatable bonds is 5. The van der Waals surface area contributed by atoms with Crippen molar-refractivity contribution in [2.24, 2.45) is 0 Å². The average Bonchev–Trinajstić information content (AvgIpc) is 3.17. The standard InChI is InChI=1S/C19H11ClF4N4OS/c20-10-1-3-14-12(7-10)17(29)28(15-4-2-11(21)8-13(15)22)19(26-14)30-9-16-25-5-6-27(16)18(23)24/h1-8,18H,9H2. The van der Waals surface area contributed by atoms with E-state index in [1.54, 1.807) is 0 Å². The zero-order valence-electron chi connectivity index (χ0n) is 14.9. The molecule has 0 atom stereocenters. The maximum atomic E-state index is 14.5. The fraction of sp³-hybridized carbons (Fsp3) is 0.105. The highest BCUT2D eigenvalue weighted by molar-refractivity contribution is 7.98. The summed E-state index contributed by atoms with van der Waals surface area (Å²) in [6, 6.07) is 7.20. The number of benzene rings is 2. The molecule has 0 aliphatic carbocycles. The Balaban J connectivity index is 1.87. The van der Waals surface area contributed by atoms with Crippen LogP contribution >= 0.6 is 23.4 Å². The molecule has 0 aliphatic heterocycles. The largest absolute Gasteiger partial charge is 0.319 e. The van der Waals surface area contributed by atoms with Crippen molar-refractivity contribution in [3.63, 3.8) is 0 Å². The van der Waals surface area contributed by atoms with Crippen molar-refractivity contribution in [3.05, 3.63) is 81.6 Å². The Morgan fingerprint density at radius 1 is 1.13 bits per heavy atom. The molecule has 0 bridgehead atoms. The first-order valence-electron chi connectivity index (χ1n) is 8.45. The summed E-state index contributed by atoms with van der Waals surface area (Å²) >= 11 is 6.89. The van der Waals surface area contributed by atoms with E-state index in [0.29, 0.717) is 16.2 Å². The van der Waals surface area contributed by atoms with Gasteiger partial charge in [0.25, 0.3) is 5.56 Å². The van der Waals surface area contributed by atoms with Crippen LogP contribution in [0.4, 0.5) is 17.6 Å². The van der Waals surface area contributed by atoms with Crippen LogP contribution in [-0.2, 0) is 5.75 Å². The zero-order chi connectivity index (χ0) is 21.4. The van der Waals surface area contributed by atoms with Gasteiger partial charge in [-0.3, -0.25) is 13.9 Å². The Morgan fingerprint density at radius 2 is 1.93 bits per heavy atom. The highest BCUT2D eigenvalue weighted by atomic mass is 35.5. The van der Waals surface area contributed by atoms with Gasteiger partial charge in [0.2, 0.25) is 0 Å². The van der Waals surface area contributed by atoms with Gasteiger partial charge in [0.05, 0.1) is 22.3 Å². The fourth-order valence-electron chi connectivity index (χ4n) is 2.87. The smallest absolute Gasteiger partial charge is 0.277 e.